The van der Waals surface area contributed by atoms with Crippen molar-refractivity contribution in [3.05, 3.63) is 100 Å². The first-order chi connectivity index (χ1) is 15.6. The van der Waals surface area contributed by atoms with E-state index in [1.165, 1.54) is 10.5 Å². The van der Waals surface area contributed by atoms with E-state index in [1.807, 2.05) is 72.8 Å². The van der Waals surface area contributed by atoms with Gasteiger partial charge in [-0.05, 0) is 65.7 Å². The molecule has 3 aromatic carbocycles. The number of carbonyl (C=O) groups excluding carboxylic acids is 2. The van der Waals surface area contributed by atoms with E-state index in [2.05, 4.69) is 13.0 Å². The number of hydrogen-bond acceptors (Lipinski definition) is 5. The molecule has 1 aliphatic heterocycles. The number of rotatable bonds is 8. The summed E-state index contributed by atoms with van der Waals surface area (Å²) in [5, 5.41) is -0.281. The first kappa shape index (κ1) is 21.7. The zero-order valence-electron chi connectivity index (χ0n) is 17.7. The van der Waals surface area contributed by atoms with Gasteiger partial charge in [0, 0.05) is 0 Å². The summed E-state index contributed by atoms with van der Waals surface area (Å²) < 4.78 is 11.5. The minimum Gasteiger partial charge on any atom is -0.492 e. The fourth-order valence-corrected chi connectivity index (χ4v) is 4.07. The van der Waals surface area contributed by atoms with Crippen LogP contribution in [0.3, 0.4) is 0 Å². The van der Waals surface area contributed by atoms with E-state index in [1.54, 1.807) is 6.08 Å². The lowest BCUT2D eigenvalue weighted by Gasteiger charge is -2.13. The highest BCUT2D eigenvalue weighted by Crippen LogP contribution is 2.32. The molecule has 0 bridgehead atoms. The maximum absolute atomic E-state index is 12.7. The van der Waals surface area contributed by atoms with Gasteiger partial charge in [0.15, 0.2) is 0 Å². The van der Waals surface area contributed by atoms with Crippen LogP contribution in [-0.2, 0) is 11.4 Å². The number of benzene rings is 3. The van der Waals surface area contributed by atoms with Crippen LogP contribution >= 0.6 is 11.8 Å². The van der Waals surface area contributed by atoms with Crippen LogP contribution in [0.15, 0.2) is 83.8 Å². The van der Waals surface area contributed by atoms with Gasteiger partial charge in [0.05, 0.1) is 11.4 Å². The molecule has 6 heteroatoms. The predicted molar refractivity (Wildman–Crippen MR) is 127 cm³/mol. The van der Waals surface area contributed by atoms with Gasteiger partial charge in [-0.2, -0.15) is 0 Å². The molecule has 0 saturated carbocycles. The van der Waals surface area contributed by atoms with Crippen LogP contribution in [0.4, 0.5) is 4.79 Å². The van der Waals surface area contributed by atoms with E-state index >= 15 is 0 Å². The van der Waals surface area contributed by atoms with Crippen molar-refractivity contribution in [1.82, 2.24) is 4.90 Å². The normalized spacial score (nSPS) is 14.8. The fraction of sp³-hybridized carbons (Fsp3) is 0.154. The predicted octanol–water partition coefficient (Wildman–Crippen LogP) is 5.69. The van der Waals surface area contributed by atoms with Crippen molar-refractivity contribution in [3.8, 4) is 11.5 Å². The number of para-hydroxylation sites is 1. The lowest BCUT2D eigenvalue weighted by molar-refractivity contribution is -0.123. The lowest BCUT2D eigenvalue weighted by Crippen LogP contribution is -2.32. The van der Waals surface area contributed by atoms with Crippen LogP contribution in [0.1, 0.15) is 16.7 Å². The van der Waals surface area contributed by atoms with Gasteiger partial charge in [-0.15, -0.1) is 0 Å². The van der Waals surface area contributed by atoms with Gasteiger partial charge >= 0.3 is 0 Å². The monoisotopic (exact) mass is 445 g/mol. The minimum absolute atomic E-state index is 0.211. The summed E-state index contributed by atoms with van der Waals surface area (Å²) >= 11 is 0.948. The van der Waals surface area contributed by atoms with Crippen LogP contribution in [0.2, 0.25) is 0 Å². The van der Waals surface area contributed by atoms with Crippen molar-refractivity contribution < 1.29 is 19.1 Å². The zero-order chi connectivity index (χ0) is 22.3. The second-order valence-electron chi connectivity index (χ2n) is 7.28. The number of hydrogen-bond donors (Lipinski definition) is 0. The Kier molecular flexibility index (Phi) is 6.92. The second-order valence-corrected chi connectivity index (χ2v) is 8.27. The smallest absolute Gasteiger partial charge is 0.293 e. The largest absolute Gasteiger partial charge is 0.492 e. The average Bonchev–Trinajstić information content (AvgIpc) is 3.07. The third-order valence-corrected chi connectivity index (χ3v) is 5.94. The third-order valence-electron chi connectivity index (χ3n) is 5.03. The Hall–Kier alpha value is -3.51. The van der Waals surface area contributed by atoms with Gasteiger partial charge in [0.25, 0.3) is 11.1 Å². The number of carbonyl (C=O) groups is 2. The Balaban J connectivity index is 1.33. The molecule has 0 spiro atoms. The molecule has 0 atom stereocenters. The van der Waals surface area contributed by atoms with Gasteiger partial charge in [0.2, 0.25) is 0 Å². The zero-order valence-corrected chi connectivity index (χ0v) is 18.5. The van der Waals surface area contributed by atoms with Crippen molar-refractivity contribution in [1.29, 1.82) is 0 Å². The SMILES string of the molecule is Cc1ccccc1COc1ccc(/C=C2\SC(=O)N(CCOc3ccccc3)C2=O)cc1. The molecule has 0 aliphatic carbocycles. The summed E-state index contributed by atoms with van der Waals surface area (Å²) in [5.41, 5.74) is 3.16. The van der Waals surface area contributed by atoms with E-state index in [-0.39, 0.29) is 24.3 Å². The molecular weight excluding hydrogens is 422 g/mol. The summed E-state index contributed by atoms with van der Waals surface area (Å²) in [5.74, 6) is 1.16. The maximum Gasteiger partial charge on any atom is 0.293 e. The van der Waals surface area contributed by atoms with Gasteiger partial charge in [-0.25, -0.2) is 0 Å². The molecule has 4 rings (SSSR count). The Bertz CT molecular complexity index is 1130. The minimum atomic E-state index is -0.295. The molecule has 0 aromatic heterocycles. The molecule has 1 heterocycles. The van der Waals surface area contributed by atoms with E-state index < -0.39 is 0 Å². The summed E-state index contributed by atoms with van der Waals surface area (Å²) in [7, 11) is 0. The number of aryl methyl sites for hydroxylation is 1. The molecule has 2 amide bonds. The van der Waals surface area contributed by atoms with E-state index in [4.69, 9.17) is 9.47 Å². The molecule has 1 saturated heterocycles. The highest BCUT2D eigenvalue weighted by molar-refractivity contribution is 8.18. The van der Waals surface area contributed by atoms with E-state index in [9.17, 15) is 9.59 Å². The molecule has 0 radical (unpaired) electrons. The van der Waals surface area contributed by atoms with Gasteiger partial charge in [-0.1, -0.05) is 54.6 Å². The summed E-state index contributed by atoms with van der Waals surface area (Å²) in [6.07, 6.45) is 1.73. The topological polar surface area (TPSA) is 55.8 Å². The standard InChI is InChI=1S/C26H23NO4S/c1-19-7-5-6-8-21(19)18-31-23-13-11-20(12-14-23)17-24-25(28)27(26(29)32-24)15-16-30-22-9-3-2-4-10-22/h2-14,17H,15-16,18H2,1H3/b24-17-. The Labute approximate surface area is 191 Å². The first-order valence-corrected chi connectivity index (χ1v) is 11.1. The molecule has 32 heavy (non-hydrogen) atoms. The van der Waals surface area contributed by atoms with Crippen molar-refractivity contribution in [3.63, 3.8) is 0 Å². The quantitative estimate of drug-likeness (QED) is 0.417. The van der Waals surface area contributed by atoms with E-state index in [0.29, 0.717) is 17.3 Å². The van der Waals surface area contributed by atoms with Crippen LogP contribution in [0, 0.1) is 6.92 Å². The Morgan fingerprint density at radius 3 is 2.28 bits per heavy atom. The number of imide groups is 1. The highest BCUT2D eigenvalue weighted by Gasteiger charge is 2.34. The Morgan fingerprint density at radius 2 is 1.53 bits per heavy atom. The molecule has 0 N–H and O–H groups in total. The molecule has 3 aromatic rings. The summed E-state index contributed by atoms with van der Waals surface area (Å²) in [6, 6.07) is 24.9. The maximum atomic E-state index is 12.7. The summed E-state index contributed by atoms with van der Waals surface area (Å²) in [6.45, 7) is 3.02. The number of thioether (sulfide) groups is 1. The van der Waals surface area contributed by atoms with Crippen LogP contribution < -0.4 is 9.47 Å². The molecule has 5 nitrogen and oxygen atoms in total. The molecule has 162 valence electrons. The van der Waals surface area contributed by atoms with Crippen molar-refractivity contribution in [2.45, 2.75) is 13.5 Å². The fourth-order valence-electron chi connectivity index (χ4n) is 3.21. The van der Waals surface area contributed by atoms with Gasteiger partial charge in [0.1, 0.15) is 24.7 Å². The Morgan fingerprint density at radius 1 is 0.844 bits per heavy atom. The molecule has 0 unspecified atom stereocenters. The van der Waals surface area contributed by atoms with Crippen molar-refractivity contribution in [2.75, 3.05) is 13.2 Å². The van der Waals surface area contributed by atoms with Crippen molar-refractivity contribution >= 4 is 29.0 Å². The first-order valence-electron chi connectivity index (χ1n) is 10.3. The van der Waals surface area contributed by atoms with Crippen LogP contribution in [0.25, 0.3) is 6.08 Å². The van der Waals surface area contributed by atoms with E-state index in [0.717, 1.165) is 28.6 Å². The second kappa shape index (κ2) is 10.2. The molecule has 1 fully saturated rings. The average molecular weight is 446 g/mol. The van der Waals surface area contributed by atoms with Crippen LogP contribution in [0.5, 0.6) is 11.5 Å². The van der Waals surface area contributed by atoms with Gasteiger partial charge in [-0.3, -0.25) is 14.5 Å². The number of ether oxygens (including phenoxy) is 2. The third kappa shape index (κ3) is 5.39. The lowest BCUT2D eigenvalue weighted by atomic mass is 10.1. The highest BCUT2D eigenvalue weighted by atomic mass is 32.2. The number of nitrogens with zero attached hydrogens (tertiary/aromatic N) is 1. The number of amides is 2. The molecule has 1 aliphatic rings. The summed E-state index contributed by atoms with van der Waals surface area (Å²) in [4.78, 5) is 26.6. The van der Waals surface area contributed by atoms with Crippen molar-refractivity contribution in [2.24, 2.45) is 0 Å². The van der Waals surface area contributed by atoms with Crippen LogP contribution in [-0.4, -0.2) is 29.2 Å². The van der Waals surface area contributed by atoms with Gasteiger partial charge < -0.3 is 9.47 Å². The molecular formula is C26H23NO4S.